The van der Waals surface area contributed by atoms with Gasteiger partial charge in [0, 0.05) is 18.1 Å². The van der Waals surface area contributed by atoms with E-state index < -0.39 is 5.82 Å². The Morgan fingerprint density at radius 2 is 2.25 bits per heavy atom. The summed E-state index contributed by atoms with van der Waals surface area (Å²) < 4.78 is 13.6. The summed E-state index contributed by atoms with van der Waals surface area (Å²) >= 11 is 3.23. The first kappa shape index (κ1) is 13.1. The van der Waals surface area contributed by atoms with E-state index in [9.17, 15) is 9.18 Å². The molecule has 16 heavy (non-hydrogen) atoms. The molecule has 0 aliphatic heterocycles. The van der Waals surface area contributed by atoms with E-state index in [0.29, 0.717) is 23.1 Å². The number of amides is 1. The molecule has 0 aromatic heterocycles. The molecule has 0 atom stereocenters. The zero-order chi connectivity index (χ0) is 12.1. The number of carbonyl (C=O) groups is 1. The smallest absolute Gasteiger partial charge is 0.254 e. The Kier molecular flexibility index (Phi) is 4.89. The Balaban J connectivity index is 2.83. The van der Waals surface area contributed by atoms with Crippen LogP contribution < -0.4 is 5.73 Å². The number of hydrogen-bond donors (Lipinski definition) is 1. The van der Waals surface area contributed by atoms with Crippen LogP contribution in [0.4, 0.5) is 4.39 Å². The fourth-order valence-electron chi connectivity index (χ4n) is 1.30. The van der Waals surface area contributed by atoms with Crippen LogP contribution in [0.25, 0.3) is 0 Å². The van der Waals surface area contributed by atoms with Gasteiger partial charge in [0.25, 0.3) is 5.91 Å². The third-order valence-electron chi connectivity index (χ3n) is 2.20. The Morgan fingerprint density at radius 3 is 2.88 bits per heavy atom. The predicted octanol–water partition coefficient (Wildman–Crippen LogP) is 2.01. The van der Waals surface area contributed by atoms with Crippen molar-refractivity contribution in [1.82, 2.24) is 4.90 Å². The minimum absolute atomic E-state index is 0.208. The standard InChI is InChI=1S/C11H14BrFN2O/c1-15(6-2-5-14)11(16)9-7-8(13)3-4-10(9)12/h3-4,7H,2,5-6,14H2,1H3. The van der Waals surface area contributed by atoms with E-state index in [1.165, 1.54) is 23.1 Å². The minimum atomic E-state index is -0.418. The summed E-state index contributed by atoms with van der Waals surface area (Å²) in [5, 5.41) is 0. The lowest BCUT2D eigenvalue weighted by Gasteiger charge is -2.17. The van der Waals surface area contributed by atoms with E-state index in [-0.39, 0.29) is 5.91 Å². The van der Waals surface area contributed by atoms with Gasteiger partial charge >= 0.3 is 0 Å². The Labute approximate surface area is 103 Å². The summed E-state index contributed by atoms with van der Waals surface area (Å²) in [5.41, 5.74) is 5.70. The van der Waals surface area contributed by atoms with Crippen LogP contribution in [0.2, 0.25) is 0 Å². The molecular weight excluding hydrogens is 275 g/mol. The molecule has 1 aromatic rings. The first-order chi connectivity index (χ1) is 7.56. The third-order valence-corrected chi connectivity index (χ3v) is 2.89. The molecule has 0 bridgehead atoms. The van der Waals surface area contributed by atoms with Crippen molar-refractivity contribution in [2.75, 3.05) is 20.1 Å². The van der Waals surface area contributed by atoms with Crippen molar-refractivity contribution >= 4 is 21.8 Å². The van der Waals surface area contributed by atoms with E-state index in [2.05, 4.69) is 15.9 Å². The molecule has 0 saturated heterocycles. The fraction of sp³-hybridized carbons (Fsp3) is 0.364. The molecule has 2 N–H and O–H groups in total. The zero-order valence-electron chi connectivity index (χ0n) is 9.04. The van der Waals surface area contributed by atoms with E-state index in [4.69, 9.17) is 5.73 Å². The second kappa shape index (κ2) is 5.96. The van der Waals surface area contributed by atoms with Crippen molar-refractivity contribution < 1.29 is 9.18 Å². The van der Waals surface area contributed by atoms with Gasteiger partial charge in [-0.2, -0.15) is 0 Å². The lowest BCUT2D eigenvalue weighted by atomic mass is 10.2. The summed E-state index contributed by atoms with van der Waals surface area (Å²) in [4.78, 5) is 13.4. The van der Waals surface area contributed by atoms with Crippen molar-refractivity contribution in [3.63, 3.8) is 0 Å². The summed E-state index contributed by atoms with van der Waals surface area (Å²) in [6, 6.07) is 4.06. The maximum Gasteiger partial charge on any atom is 0.254 e. The van der Waals surface area contributed by atoms with Crippen LogP contribution >= 0.6 is 15.9 Å². The van der Waals surface area contributed by atoms with E-state index >= 15 is 0 Å². The van der Waals surface area contributed by atoms with Crippen LogP contribution in [-0.4, -0.2) is 30.9 Å². The van der Waals surface area contributed by atoms with Gasteiger partial charge < -0.3 is 10.6 Å². The number of nitrogens with zero attached hydrogens (tertiary/aromatic N) is 1. The molecule has 1 amide bonds. The van der Waals surface area contributed by atoms with Crippen molar-refractivity contribution in [3.05, 3.63) is 34.1 Å². The summed E-state index contributed by atoms with van der Waals surface area (Å²) in [5.74, 6) is -0.626. The molecule has 3 nitrogen and oxygen atoms in total. The number of nitrogens with two attached hydrogens (primary N) is 1. The van der Waals surface area contributed by atoms with E-state index in [0.717, 1.165) is 6.42 Å². The molecule has 0 aliphatic rings. The first-order valence-electron chi connectivity index (χ1n) is 4.97. The number of rotatable bonds is 4. The molecule has 0 unspecified atom stereocenters. The number of benzene rings is 1. The third kappa shape index (κ3) is 3.28. The fourth-order valence-corrected chi connectivity index (χ4v) is 1.71. The summed E-state index contributed by atoms with van der Waals surface area (Å²) in [6.07, 6.45) is 0.731. The van der Waals surface area contributed by atoms with Gasteiger partial charge in [0.1, 0.15) is 5.82 Å². The molecule has 1 aromatic carbocycles. The van der Waals surface area contributed by atoms with Crippen molar-refractivity contribution in [2.45, 2.75) is 6.42 Å². The second-order valence-corrected chi connectivity index (χ2v) is 4.35. The Hall–Kier alpha value is -0.940. The average Bonchev–Trinajstić information content (AvgIpc) is 2.28. The lowest BCUT2D eigenvalue weighted by Crippen LogP contribution is -2.29. The molecule has 88 valence electrons. The Morgan fingerprint density at radius 1 is 1.56 bits per heavy atom. The van der Waals surface area contributed by atoms with Gasteiger partial charge in [0.15, 0.2) is 0 Å². The number of carbonyl (C=O) groups excluding carboxylic acids is 1. The van der Waals surface area contributed by atoms with Gasteiger partial charge in [-0.25, -0.2) is 4.39 Å². The highest BCUT2D eigenvalue weighted by atomic mass is 79.9. The number of hydrogen-bond acceptors (Lipinski definition) is 2. The van der Waals surface area contributed by atoms with Crippen LogP contribution in [0, 0.1) is 5.82 Å². The largest absolute Gasteiger partial charge is 0.342 e. The molecule has 1 rings (SSSR count). The van der Waals surface area contributed by atoms with E-state index in [1.54, 1.807) is 7.05 Å². The second-order valence-electron chi connectivity index (χ2n) is 3.49. The number of halogens is 2. The molecule has 0 radical (unpaired) electrons. The molecule has 0 saturated carbocycles. The topological polar surface area (TPSA) is 46.3 Å². The zero-order valence-corrected chi connectivity index (χ0v) is 10.6. The van der Waals surface area contributed by atoms with Crippen molar-refractivity contribution in [3.8, 4) is 0 Å². The van der Waals surface area contributed by atoms with Gasteiger partial charge in [-0.05, 0) is 47.1 Å². The maximum atomic E-state index is 13.0. The molecule has 5 heteroatoms. The highest BCUT2D eigenvalue weighted by Crippen LogP contribution is 2.19. The van der Waals surface area contributed by atoms with Crippen LogP contribution in [0.1, 0.15) is 16.8 Å². The van der Waals surface area contributed by atoms with Crippen molar-refractivity contribution in [1.29, 1.82) is 0 Å². The molecule has 0 spiro atoms. The summed E-state index contributed by atoms with van der Waals surface area (Å²) in [6.45, 7) is 1.10. The molecule has 0 aliphatic carbocycles. The quantitative estimate of drug-likeness (QED) is 0.921. The van der Waals surface area contributed by atoms with Crippen LogP contribution in [0.5, 0.6) is 0 Å². The van der Waals surface area contributed by atoms with Gasteiger partial charge in [-0.1, -0.05) is 0 Å². The van der Waals surface area contributed by atoms with Gasteiger partial charge in [-0.3, -0.25) is 4.79 Å². The van der Waals surface area contributed by atoms with Gasteiger partial charge in [-0.15, -0.1) is 0 Å². The average molecular weight is 289 g/mol. The first-order valence-corrected chi connectivity index (χ1v) is 5.76. The maximum absolute atomic E-state index is 13.0. The highest BCUT2D eigenvalue weighted by Gasteiger charge is 2.15. The minimum Gasteiger partial charge on any atom is -0.342 e. The molecular formula is C11H14BrFN2O. The van der Waals surface area contributed by atoms with Crippen LogP contribution in [-0.2, 0) is 0 Å². The van der Waals surface area contributed by atoms with Gasteiger partial charge in [0.2, 0.25) is 0 Å². The van der Waals surface area contributed by atoms with Crippen LogP contribution in [0.15, 0.2) is 22.7 Å². The van der Waals surface area contributed by atoms with Gasteiger partial charge in [0.05, 0.1) is 5.56 Å². The monoisotopic (exact) mass is 288 g/mol. The molecule has 0 heterocycles. The van der Waals surface area contributed by atoms with Crippen molar-refractivity contribution in [2.24, 2.45) is 5.73 Å². The predicted molar refractivity (Wildman–Crippen MR) is 64.7 cm³/mol. The Bertz CT molecular complexity index is 384. The lowest BCUT2D eigenvalue weighted by molar-refractivity contribution is 0.0793. The highest BCUT2D eigenvalue weighted by molar-refractivity contribution is 9.10. The van der Waals surface area contributed by atoms with E-state index in [1.807, 2.05) is 0 Å². The SMILES string of the molecule is CN(CCCN)C(=O)c1cc(F)ccc1Br. The molecule has 0 fully saturated rings. The normalized spacial score (nSPS) is 10.2. The summed E-state index contributed by atoms with van der Waals surface area (Å²) in [7, 11) is 1.68. The van der Waals surface area contributed by atoms with Crippen LogP contribution in [0.3, 0.4) is 0 Å².